The van der Waals surface area contributed by atoms with Crippen LogP contribution in [-0.4, -0.2) is 7.05 Å². The summed E-state index contributed by atoms with van der Waals surface area (Å²) in [7, 11) is 1.79. The molecule has 0 aromatic heterocycles. The Balaban J connectivity index is 2.42. The van der Waals surface area contributed by atoms with Gasteiger partial charge >= 0.3 is 0 Å². The van der Waals surface area contributed by atoms with E-state index in [1.54, 1.807) is 26.1 Å². The van der Waals surface area contributed by atoms with Gasteiger partial charge in [0.1, 0.15) is 23.1 Å². The van der Waals surface area contributed by atoms with E-state index in [9.17, 15) is 8.78 Å². The molecule has 1 N–H and O–H groups in total. The number of nitrogens with one attached hydrogen (secondary N) is 1. The summed E-state index contributed by atoms with van der Waals surface area (Å²) >= 11 is 3.12. The summed E-state index contributed by atoms with van der Waals surface area (Å²) in [6.45, 7) is 3.59. The Labute approximate surface area is 131 Å². The minimum Gasteiger partial charge on any atom is -0.457 e. The number of halogens is 3. The fourth-order valence-corrected chi connectivity index (χ4v) is 2.28. The van der Waals surface area contributed by atoms with E-state index in [0.29, 0.717) is 27.1 Å². The van der Waals surface area contributed by atoms with Gasteiger partial charge in [0.25, 0.3) is 0 Å². The van der Waals surface area contributed by atoms with Crippen LogP contribution in [0.15, 0.2) is 34.8 Å². The van der Waals surface area contributed by atoms with Crippen molar-refractivity contribution in [2.45, 2.75) is 19.9 Å². The van der Waals surface area contributed by atoms with Crippen LogP contribution < -0.4 is 10.1 Å². The molecule has 0 saturated heterocycles. The number of ether oxygens (including phenoxy) is 1. The number of hydrogen-bond acceptors (Lipinski definition) is 2. The second-order valence-corrected chi connectivity index (χ2v) is 5.68. The smallest absolute Gasteiger partial charge is 0.137 e. The van der Waals surface area contributed by atoms with Crippen LogP contribution >= 0.6 is 15.9 Å². The highest BCUT2D eigenvalue weighted by Gasteiger charge is 2.15. The lowest BCUT2D eigenvalue weighted by atomic mass is 10.0. The Morgan fingerprint density at radius 1 is 1.14 bits per heavy atom. The van der Waals surface area contributed by atoms with E-state index in [0.717, 1.165) is 0 Å². The molecule has 1 unspecified atom stereocenters. The number of benzene rings is 2. The summed E-state index contributed by atoms with van der Waals surface area (Å²) in [5, 5.41) is 3.06. The summed E-state index contributed by atoms with van der Waals surface area (Å²) in [6.07, 6.45) is 0. The fourth-order valence-electron chi connectivity index (χ4n) is 1.92. The molecular formula is C16H16BrF2NO. The van der Waals surface area contributed by atoms with Crippen molar-refractivity contribution in [2.24, 2.45) is 0 Å². The zero-order valence-electron chi connectivity index (χ0n) is 12.0. The van der Waals surface area contributed by atoms with Crippen LogP contribution in [0.4, 0.5) is 8.78 Å². The average molecular weight is 356 g/mol. The van der Waals surface area contributed by atoms with Crippen LogP contribution in [-0.2, 0) is 0 Å². The van der Waals surface area contributed by atoms with Gasteiger partial charge in [0.05, 0.1) is 4.47 Å². The zero-order valence-corrected chi connectivity index (χ0v) is 13.6. The molecule has 2 nitrogen and oxygen atoms in total. The second kappa shape index (κ2) is 6.54. The van der Waals surface area contributed by atoms with Crippen LogP contribution in [0.3, 0.4) is 0 Å². The third-order valence-electron chi connectivity index (χ3n) is 3.31. The first-order valence-corrected chi connectivity index (χ1v) is 7.32. The van der Waals surface area contributed by atoms with Crippen molar-refractivity contribution in [3.63, 3.8) is 0 Å². The molecule has 21 heavy (non-hydrogen) atoms. The monoisotopic (exact) mass is 355 g/mol. The van der Waals surface area contributed by atoms with Crippen molar-refractivity contribution in [3.8, 4) is 11.5 Å². The first kappa shape index (κ1) is 15.9. The van der Waals surface area contributed by atoms with Crippen LogP contribution in [0.5, 0.6) is 11.5 Å². The quantitative estimate of drug-likeness (QED) is 0.822. The Kier molecular flexibility index (Phi) is 4.96. The summed E-state index contributed by atoms with van der Waals surface area (Å²) in [5.74, 6) is 0.397. The SMILES string of the molecule is CNC(C)c1cc(F)c(C)cc1Oc1ccc(F)c(Br)c1. The van der Waals surface area contributed by atoms with Crippen molar-refractivity contribution in [2.75, 3.05) is 7.05 Å². The molecule has 1 atom stereocenters. The molecule has 0 bridgehead atoms. The summed E-state index contributed by atoms with van der Waals surface area (Å²) in [4.78, 5) is 0. The van der Waals surface area contributed by atoms with E-state index in [1.165, 1.54) is 18.2 Å². The summed E-state index contributed by atoms with van der Waals surface area (Å²) in [6, 6.07) is 7.44. The highest BCUT2D eigenvalue weighted by Crippen LogP contribution is 2.33. The van der Waals surface area contributed by atoms with Gasteiger partial charge in [0.2, 0.25) is 0 Å². The predicted molar refractivity (Wildman–Crippen MR) is 82.8 cm³/mol. The maximum atomic E-state index is 13.8. The minimum atomic E-state index is -0.360. The molecule has 0 aliphatic heterocycles. The van der Waals surface area contributed by atoms with E-state index in [-0.39, 0.29) is 17.7 Å². The van der Waals surface area contributed by atoms with E-state index in [1.807, 2.05) is 6.92 Å². The zero-order chi connectivity index (χ0) is 15.6. The molecule has 112 valence electrons. The lowest BCUT2D eigenvalue weighted by molar-refractivity contribution is 0.460. The van der Waals surface area contributed by atoms with Crippen LogP contribution in [0.25, 0.3) is 0 Å². The second-order valence-electron chi connectivity index (χ2n) is 4.83. The number of hydrogen-bond donors (Lipinski definition) is 1. The summed E-state index contributed by atoms with van der Waals surface area (Å²) < 4.78 is 33.1. The van der Waals surface area contributed by atoms with Crippen LogP contribution in [0.1, 0.15) is 24.1 Å². The maximum Gasteiger partial charge on any atom is 0.137 e. The van der Waals surface area contributed by atoms with E-state index >= 15 is 0 Å². The maximum absolute atomic E-state index is 13.8. The fraction of sp³-hybridized carbons (Fsp3) is 0.250. The van der Waals surface area contributed by atoms with Gasteiger partial charge in [-0.3, -0.25) is 0 Å². The van der Waals surface area contributed by atoms with E-state index in [2.05, 4.69) is 21.2 Å². The lowest BCUT2D eigenvalue weighted by Gasteiger charge is -2.17. The standard InChI is InChI=1S/C16H16BrF2NO/c1-9-6-16(12(8-15(9)19)10(2)20-3)21-11-4-5-14(18)13(17)7-11/h4-8,10,20H,1-3H3. The summed E-state index contributed by atoms with van der Waals surface area (Å²) in [5.41, 5.74) is 1.21. The third-order valence-corrected chi connectivity index (χ3v) is 3.92. The molecule has 2 rings (SSSR count). The Morgan fingerprint density at radius 2 is 1.86 bits per heavy atom. The molecule has 0 heterocycles. The first-order valence-electron chi connectivity index (χ1n) is 6.52. The Hall–Kier alpha value is -1.46. The van der Waals surface area contributed by atoms with Gasteiger partial charge in [-0.15, -0.1) is 0 Å². The first-order chi connectivity index (χ1) is 9.92. The minimum absolute atomic E-state index is 0.0704. The molecule has 0 saturated carbocycles. The van der Waals surface area contributed by atoms with Crippen molar-refractivity contribution < 1.29 is 13.5 Å². The molecular weight excluding hydrogens is 340 g/mol. The van der Waals surface area contributed by atoms with Gasteiger partial charge < -0.3 is 10.1 Å². The van der Waals surface area contributed by atoms with Crippen molar-refractivity contribution >= 4 is 15.9 Å². The van der Waals surface area contributed by atoms with Gasteiger partial charge in [-0.2, -0.15) is 0 Å². The van der Waals surface area contributed by atoms with E-state index < -0.39 is 0 Å². The highest BCUT2D eigenvalue weighted by molar-refractivity contribution is 9.10. The predicted octanol–water partition coefficient (Wildman–Crippen LogP) is 5.11. The van der Waals surface area contributed by atoms with Gasteiger partial charge in [-0.05, 0) is 72.7 Å². The Bertz CT molecular complexity index is 661. The van der Waals surface area contributed by atoms with Gasteiger partial charge in [0, 0.05) is 11.6 Å². The molecule has 0 fully saturated rings. The van der Waals surface area contributed by atoms with E-state index in [4.69, 9.17) is 4.74 Å². The number of aryl methyl sites for hydroxylation is 1. The molecule has 2 aromatic rings. The Morgan fingerprint density at radius 3 is 2.48 bits per heavy atom. The largest absolute Gasteiger partial charge is 0.457 e. The highest BCUT2D eigenvalue weighted by atomic mass is 79.9. The van der Waals surface area contributed by atoms with Gasteiger partial charge in [-0.25, -0.2) is 8.78 Å². The van der Waals surface area contributed by atoms with Crippen molar-refractivity contribution in [1.29, 1.82) is 0 Å². The number of rotatable bonds is 4. The molecule has 2 aromatic carbocycles. The van der Waals surface area contributed by atoms with Crippen LogP contribution in [0.2, 0.25) is 0 Å². The molecule has 0 amide bonds. The van der Waals surface area contributed by atoms with Gasteiger partial charge in [0.15, 0.2) is 0 Å². The van der Waals surface area contributed by atoms with Gasteiger partial charge in [-0.1, -0.05) is 0 Å². The normalized spacial score (nSPS) is 12.3. The molecule has 0 aliphatic rings. The topological polar surface area (TPSA) is 21.3 Å². The molecule has 5 heteroatoms. The lowest BCUT2D eigenvalue weighted by Crippen LogP contribution is -2.13. The molecule has 0 radical (unpaired) electrons. The molecule has 0 spiro atoms. The van der Waals surface area contributed by atoms with Crippen molar-refractivity contribution in [3.05, 3.63) is 57.6 Å². The third kappa shape index (κ3) is 3.60. The van der Waals surface area contributed by atoms with Crippen molar-refractivity contribution in [1.82, 2.24) is 5.32 Å². The molecule has 0 aliphatic carbocycles. The average Bonchev–Trinajstić information content (AvgIpc) is 2.45. The van der Waals surface area contributed by atoms with Crippen LogP contribution in [0, 0.1) is 18.6 Å².